The molecule has 168 valence electrons. The fourth-order valence-corrected chi connectivity index (χ4v) is 4.89. The van der Waals surface area contributed by atoms with Crippen molar-refractivity contribution in [3.63, 3.8) is 0 Å². The zero-order valence-electron chi connectivity index (χ0n) is 18.0. The molecular formula is C26H22ClNO3S2. The van der Waals surface area contributed by atoms with Gasteiger partial charge in [-0.25, -0.2) is 0 Å². The van der Waals surface area contributed by atoms with Gasteiger partial charge in [-0.1, -0.05) is 90.2 Å². The van der Waals surface area contributed by atoms with Gasteiger partial charge in [0.1, 0.15) is 10.9 Å². The summed E-state index contributed by atoms with van der Waals surface area (Å²) in [5.41, 5.74) is 2.90. The Hall–Kier alpha value is -2.80. The minimum atomic E-state index is -0.0704. The summed E-state index contributed by atoms with van der Waals surface area (Å²) in [6.07, 6.45) is 2.59. The molecule has 33 heavy (non-hydrogen) atoms. The number of halogens is 1. The third-order valence-electron chi connectivity index (χ3n) is 5.17. The largest absolute Gasteiger partial charge is 0.493 e. The number of hydrogen-bond acceptors (Lipinski definition) is 5. The lowest BCUT2D eigenvalue weighted by Gasteiger charge is -2.14. The van der Waals surface area contributed by atoms with Crippen LogP contribution in [0.3, 0.4) is 0 Å². The maximum absolute atomic E-state index is 12.9. The minimum Gasteiger partial charge on any atom is -0.493 e. The lowest BCUT2D eigenvalue weighted by atomic mass is 10.1. The number of hydrogen-bond donors (Lipinski definition) is 0. The van der Waals surface area contributed by atoms with Crippen LogP contribution in [0.1, 0.15) is 16.7 Å². The average molecular weight is 496 g/mol. The Labute approximate surface area is 208 Å². The smallest absolute Gasteiger partial charge is 0.266 e. The summed E-state index contributed by atoms with van der Waals surface area (Å²) in [7, 11) is 1.59. The van der Waals surface area contributed by atoms with Gasteiger partial charge in [-0.05, 0) is 41.8 Å². The third kappa shape index (κ3) is 5.77. The maximum Gasteiger partial charge on any atom is 0.266 e. The van der Waals surface area contributed by atoms with Gasteiger partial charge in [0, 0.05) is 17.1 Å². The highest BCUT2D eigenvalue weighted by Crippen LogP contribution is 2.35. The van der Waals surface area contributed by atoms with Gasteiger partial charge in [0.2, 0.25) is 0 Å². The van der Waals surface area contributed by atoms with Crippen molar-refractivity contribution in [3.8, 4) is 11.5 Å². The van der Waals surface area contributed by atoms with Gasteiger partial charge in [-0.2, -0.15) is 0 Å². The van der Waals surface area contributed by atoms with Crippen LogP contribution in [0.5, 0.6) is 11.5 Å². The van der Waals surface area contributed by atoms with Gasteiger partial charge < -0.3 is 9.47 Å². The minimum absolute atomic E-state index is 0.0704. The molecule has 0 radical (unpaired) electrons. The Morgan fingerprint density at radius 2 is 1.79 bits per heavy atom. The van der Waals surface area contributed by atoms with Crippen LogP contribution in [0.2, 0.25) is 5.02 Å². The van der Waals surface area contributed by atoms with Crippen molar-refractivity contribution in [1.29, 1.82) is 0 Å². The summed E-state index contributed by atoms with van der Waals surface area (Å²) < 4.78 is 12.0. The molecule has 1 aliphatic heterocycles. The van der Waals surface area contributed by atoms with Crippen LogP contribution in [0.25, 0.3) is 6.08 Å². The molecule has 0 spiro atoms. The van der Waals surface area contributed by atoms with Crippen molar-refractivity contribution in [1.82, 2.24) is 4.90 Å². The second-order valence-corrected chi connectivity index (χ2v) is 9.44. The van der Waals surface area contributed by atoms with E-state index in [1.165, 1.54) is 17.3 Å². The molecule has 0 N–H and O–H groups in total. The van der Waals surface area contributed by atoms with Crippen LogP contribution >= 0.6 is 35.6 Å². The van der Waals surface area contributed by atoms with Crippen LogP contribution in [0.4, 0.5) is 0 Å². The average Bonchev–Trinajstić information content (AvgIpc) is 3.10. The molecule has 1 amide bonds. The van der Waals surface area contributed by atoms with E-state index in [0.717, 1.165) is 17.5 Å². The number of nitrogens with zero attached hydrogens (tertiary/aromatic N) is 1. The monoisotopic (exact) mass is 495 g/mol. The Morgan fingerprint density at radius 3 is 2.55 bits per heavy atom. The summed E-state index contributed by atoms with van der Waals surface area (Å²) in [5, 5.41) is 0.655. The fourth-order valence-electron chi connectivity index (χ4n) is 3.39. The Morgan fingerprint density at radius 1 is 1.03 bits per heavy atom. The molecule has 0 atom stereocenters. The number of amides is 1. The molecule has 4 rings (SSSR count). The van der Waals surface area contributed by atoms with Crippen LogP contribution < -0.4 is 9.47 Å². The highest BCUT2D eigenvalue weighted by molar-refractivity contribution is 8.26. The lowest BCUT2D eigenvalue weighted by molar-refractivity contribution is -0.122. The van der Waals surface area contributed by atoms with E-state index in [2.05, 4.69) is 12.1 Å². The summed E-state index contributed by atoms with van der Waals surface area (Å²) in [6.45, 7) is 0.889. The lowest BCUT2D eigenvalue weighted by Crippen LogP contribution is -2.30. The molecule has 0 unspecified atom stereocenters. The number of carbonyl (C=O) groups excluding carboxylic acids is 1. The first-order chi connectivity index (χ1) is 16.0. The number of ether oxygens (including phenoxy) is 2. The molecule has 4 nitrogen and oxygen atoms in total. The van der Waals surface area contributed by atoms with E-state index < -0.39 is 0 Å². The molecule has 1 heterocycles. The van der Waals surface area contributed by atoms with Crippen molar-refractivity contribution >= 4 is 51.9 Å². The Balaban J connectivity index is 1.45. The number of benzene rings is 3. The van der Waals surface area contributed by atoms with Gasteiger partial charge in [0.15, 0.2) is 11.5 Å². The summed E-state index contributed by atoms with van der Waals surface area (Å²) >= 11 is 13.0. The fraction of sp³-hybridized carbons (Fsp3) is 0.154. The van der Waals surface area contributed by atoms with Gasteiger partial charge in [0.25, 0.3) is 5.91 Å². The van der Waals surface area contributed by atoms with Crippen LogP contribution in [-0.4, -0.2) is 28.8 Å². The molecule has 0 aliphatic carbocycles. The van der Waals surface area contributed by atoms with E-state index in [4.69, 9.17) is 33.3 Å². The number of methoxy groups -OCH3 is 1. The normalized spacial score (nSPS) is 14.7. The molecule has 0 saturated carbocycles. The van der Waals surface area contributed by atoms with Crippen molar-refractivity contribution in [2.45, 2.75) is 13.0 Å². The molecule has 0 bridgehead atoms. The van der Waals surface area contributed by atoms with Crippen molar-refractivity contribution in [3.05, 3.63) is 99.4 Å². The second kappa shape index (κ2) is 10.9. The van der Waals surface area contributed by atoms with Crippen molar-refractivity contribution in [2.24, 2.45) is 0 Å². The molecule has 7 heteroatoms. The van der Waals surface area contributed by atoms with Crippen LogP contribution in [-0.2, 0) is 17.8 Å². The highest BCUT2D eigenvalue weighted by atomic mass is 35.5. The Kier molecular flexibility index (Phi) is 7.70. The number of thioether (sulfide) groups is 1. The highest BCUT2D eigenvalue weighted by Gasteiger charge is 2.31. The molecule has 3 aromatic carbocycles. The number of carbonyl (C=O) groups is 1. The van der Waals surface area contributed by atoms with E-state index >= 15 is 0 Å². The summed E-state index contributed by atoms with van der Waals surface area (Å²) in [4.78, 5) is 15.2. The summed E-state index contributed by atoms with van der Waals surface area (Å²) in [6, 6.07) is 23.2. The first kappa shape index (κ1) is 23.4. The molecular weight excluding hydrogens is 474 g/mol. The number of thiocarbonyl (C=S) groups is 1. The zero-order chi connectivity index (χ0) is 23.2. The quantitative estimate of drug-likeness (QED) is 0.268. The number of rotatable bonds is 8. The van der Waals surface area contributed by atoms with E-state index in [1.807, 2.05) is 66.7 Å². The Bertz CT molecular complexity index is 1200. The topological polar surface area (TPSA) is 38.8 Å². The first-order valence-electron chi connectivity index (χ1n) is 10.4. The molecule has 0 aromatic heterocycles. The zero-order valence-corrected chi connectivity index (χ0v) is 20.4. The molecule has 3 aromatic rings. The van der Waals surface area contributed by atoms with E-state index in [0.29, 0.717) is 38.9 Å². The maximum atomic E-state index is 12.9. The second-order valence-electron chi connectivity index (χ2n) is 7.36. The summed E-state index contributed by atoms with van der Waals surface area (Å²) in [5.74, 6) is 1.11. The van der Waals surface area contributed by atoms with E-state index in [9.17, 15) is 4.79 Å². The van der Waals surface area contributed by atoms with Gasteiger partial charge in [-0.3, -0.25) is 9.69 Å². The van der Waals surface area contributed by atoms with E-state index in [1.54, 1.807) is 12.0 Å². The van der Waals surface area contributed by atoms with Crippen LogP contribution in [0, 0.1) is 0 Å². The van der Waals surface area contributed by atoms with E-state index in [-0.39, 0.29) is 5.91 Å². The first-order valence-corrected chi connectivity index (χ1v) is 12.0. The van der Waals surface area contributed by atoms with Gasteiger partial charge in [0.05, 0.1) is 12.0 Å². The third-order valence-corrected chi connectivity index (χ3v) is 6.91. The molecule has 1 aliphatic rings. The van der Waals surface area contributed by atoms with Crippen molar-refractivity contribution in [2.75, 3.05) is 13.7 Å². The van der Waals surface area contributed by atoms with Gasteiger partial charge in [-0.15, -0.1) is 0 Å². The van der Waals surface area contributed by atoms with Crippen LogP contribution in [0.15, 0.2) is 77.7 Å². The standard InChI is InChI=1S/C26H22ClNO3S2/c1-30-23-15-19(11-12-22(23)31-17-20-9-5-6-10-21(20)27)16-24-25(29)28(26(32)33-24)14-13-18-7-3-2-4-8-18/h2-12,15-16H,13-14,17H2,1H3/b24-16+. The SMILES string of the molecule is COc1cc(/C=C2/SC(=S)N(CCc3ccccc3)C2=O)ccc1OCc1ccccc1Cl. The predicted molar refractivity (Wildman–Crippen MR) is 139 cm³/mol. The molecule has 1 fully saturated rings. The predicted octanol–water partition coefficient (Wildman–Crippen LogP) is 6.37. The van der Waals surface area contributed by atoms with Gasteiger partial charge >= 0.3 is 0 Å². The molecule has 1 saturated heterocycles. The van der Waals surface area contributed by atoms with Crippen molar-refractivity contribution < 1.29 is 14.3 Å².